The second-order valence-electron chi connectivity index (χ2n) is 7.67. The molecule has 4 heteroatoms. The molecule has 4 aromatic carbocycles. The van der Waals surface area contributed by atoms with Gasteiger partial charge in [-0.05, 0) is 0 Å². The van der Waals surface area contributed by atoms with Gasteiger partial charge in [0, 0.05) is 33.9 Å². The highest BCUT2D eigenvalue weighted by Crippen LogP contribution is 2.58. The largest absolute Gasteiger partial charge is 0.456 e. The molecule has 0 N–H and O–H groups in total. The van der Waals surface area contributed by atoms with Gasteiger partial charge < -0.3 is 4.74 Å². The first-order chi connectivity index (χ1) is 16.2. The molecule has 0 aromatic heterocycles. The SMILES string of the molecule is O=P1(N=C(c2ccccc2)c2ccccc2)C=C(c2ccccc2)OC(c2ccccc2)=C1. The van der Waals surface area contributed by atoms with Gasteiger partial charge in [0.1, 0.15) is 11.5 Å². The van der Waals surface area contributed by atoms with Crippen LogP contribution in [-0.4, -0.2) is 5.71 Å². The fourth-order valence-corrected chi connectivity index (χ4v) is 5.51. The minimum Gasteiger partial charge on any atom is -0.456 e. The van der Waals surface area contributed by atoms with Crippen LogP contribution < -0.4 is 0 Å². The summed E-state index contributed by atoms with van der Waals surface area (Å²) in [6.07, 6.45) is 0. The number of hydrogen-bond donors (Lipinski definition) is 0. The molecule has 33 heavy (non-hydrogen) atoms. The second-order valence-corrected chi connectivity index (χ2v) is 9.74. The summed E-state index contributed by atoms with van der Waals surface area (Å²) in [6, 6.07) is 39.2. The van der Waals surface area contributed by atoms with Crippen LogP contribution in [0, 0.1) is 0 Å². The van der Waals surface area contributed by atoms with E-state index in [1.807, 2.05) is 121 Å². The van der Waals surface area contributed by atoms with Gasteiger partial charge in [-0.1, -0.05) is 121 Å². The summed E-state index contributed by atoms with van der Waals surface area (Å²) in [5.41, 5.74) is 4.23. The van der Waals surface area contributed by atoms with Crippen molar-refractivity contribution in [1.29, 1.82) is 0 Å². The number of ether oxygens (including phenoxy) is 1. The molecular formula is C29H22NO2P. The third-order valence-corrected chi connectivity index (χ3v) is 7.01. The Morgan fingerprint density at radius 3 is 1.30 bits per heavy atom. The Balaban J connectivity index is 1.70. The van der Waals surface area contributed by atoms with Gasteiger partial charge in [-0.3, -0.25) is 4.57 Å². The number of rotatable bonds is 5. The average Bonchev–Trinajstić information content (AvgIpc) is 2.89. The molecule has 1 heterocycles. The van der Waals surface area contributed by atoms with Gasteiger partial charge in [-0.15, -0.1) is 0 Å². The summed E-state index contributed by atoms with van der Waals surface area (Å²) >= 11 is 0. The van der Waals surface area contributed by atoms with E-state index in [-0.39, 0.29) is 0 Å². The molecule has 0 spiro atoms. The molecule has 0 fully saturated rings. The molecule has 0 atom stereocenters. The Morgan fingerprint density at radius 2 is 0.909 bits per heavy atom. The number of nitrogens with zero attached hydrogens (tertiary/aromatic N) is 1. The van der Waals surface area contributed by atoms with Crippen LogP contribution in [0.2, 0.25) is 0 Å². The smallest absolute Gasteiger partial charge is 0.241 e. The lowest BCUT2D eigenvalue weighted by atomic mass is 10.0. The minimum atomic E-state index is -3.30. The van der Waals surface area contributed by atoms with Crippen LogP contribution in [0.5, 0.6) is 0 Å². The first kappa shape index (κ1) is 20.9. The maximum atomic E-state index is 14.3. The predicted octanol–water partition coefficient (Wildman–Crippen LogP) is 7.83. The van der Waals surface area contributed by atoms with Crippen molar-refractivity contribution in [3.05, 3.63) is 155 Å². The van der Waals surface area contributed by atoms with Crippen molar-refractivity contribution in [1.82, 2.24) is 0 Å². The van der Waals surface area contributed by atoms with Crippen molar-refractivity contribution in [3.8, 4) is 0 Å². The van der Waals surface area contributed by atoms with Gasteiger partial charge in [0.05, 0.1) is 5.71 Å². The molecular weight excluding hydrogens is 425 g/mol. The number of hydrogen-bond acceptors (Lipinski definition) is 2. The standard InChI is InChI=1S/C29H22NO2P/c31-33(30-29(25-17-9-3-10-18-25)26-19-11-4-12-20-26)21-27(23-13-5-1-6-14-23)32-28(22-33)24-15-7-2-8-16-24/h1-22H. The maximum absolute atomic E-state index is 14.3. The van der Waals surface area contributed by atoms with Gasteiger partial charge in [0.25, 0.3) is 0 Å². The van der Waals surface area contributed by atoms with Crippen LogP contribution in [0.1, 0.15) is 22.3 Å². The van der Waals surface area contributed by atoms with Crippen molar-refractivity contribution in [2.75, 3.05) is 0 Å². The Kier molecular flexibility index (Phi) is 5.89. The van der Waals surface area contributed by atoms with Crippen LogP contribution in [0.15, 0.2) is 138 Å². The first-order valence-corrected chi connectivity index (χ1v) is 12.5. The minimum absolute atomic E-state index is 0.546. The Bertz CT molecular complexity index is 1280. The predicted molar refractivity (Wildman–Crippen MR) is 136 cm³/mol. The summed E-state index contributed by atoms with van der Waals surface area (Å²) in [4.78, 5) is 0. The molecule has 0 amide bonds. The van der Waals surface area contributed by atoms with Crippen LogP contribution in [0.3, 0.4) is 0 Å². The van der Waals surface area contributed by atoms with Crippen molar-refractivity contribution in [3.63, 3.8) is 0 Å². The van der Waals surface area contributed by atoms with E-state index in [4.69, 9.17) is 9.50 Å². The van der Waals surface area contributed by atoms with Gasteiger partial charge >= 0.3 is 0 Å². The molecule has 4 aromatic rings. The van der Waals surface area contributed by atoms with Crippen molar-refractivity contribution in [2.24, 2.45) is 4.76 Å². The van der Waals surface area contributed by atoms with Crippen LogP contribution in [-0.2, 0) is 9.30 Å². The second kappa shape index (κ2) is 9.28. The third kappa shape index (κ3) is 4.79. The van der Waals surface area contributed by atoms with E-state index < -0.39 is 7.29 Å². The summed E-state index contributed by atoms with van der Waals surface area (Å²) in [6.45, 7) is 0. The molecule has 3 nitrogen and oxygen atoms in total. The van der Waals surface area contributed by atoms with E-state index in [0.29, 0.717) is 17.2 Å². The first-order valence-electron chi connectivity index (χ1n) is 10.8. The molecule has 0 aliphatic carbocycles. The van der Waals surface area contributed by atoms with Crippen LogP contribution >= 0.6 is 7.29 Å². The molecule has 0 bridgehead atoms. The zero-order chi connectivity index (χ0) is 22.5. The van der Waals surface area contributed by atoms with Gasteiger partial charge in [0.2, 0.25) is 7.29 Å². The Hall–Kier alpha value is -3.94. The average molecular weight is 447 g/mol. The molecule has 0 unspecified atom stereocenters. The van der Waals surface area contributed by atoms with E-state index >= 15 is 0 Å². The molecule has 1 aliphatic heterocycles. The third-order valence-electron chi connectivity index (χ3n) is 5.29. The lowest BCUT2D eigenvalue weighted by molar-refractivity contribution is 0.469. The fourth-order valence-electron chi connectivity index (χ4n) is 3.70. The van der Waals surface area contributed by atoms with E-state index in [9.17, 15) is 4.57 Å². The normalized spacial score (nSPS) is 14.4. The molecule has 5 rings (SSSR count). The molecule has 0 saturated heterocycles. The highest BCUT2D eigenvalue weighted by atomic mass is 31.2. The van der Waals surface area contributed by atoms with Gasteiger partial charge in [-0.25, -0.2) is 4.76 Å². The quantitative estimate of drug-likeness (QED) is 0.231. The lowest BCUT2D eigenvalue weighted by Gasteiger charge is -2.21. The van der Waals surface area contributed by atoms with E-state index in [1.54, 1.807) is 11.6 Å². The molecule has 0 saturated carbocycles. The summed E-state index contributed by atoms with van der Waals surface area (Å²) in [5.74, 6) is 4.43. The van der Waals surface area contributed by atoms with E-state index in [0.717, 1.165) is 22.3 Å². The topological polar surface area (TPSA) is 38.7 Å². The zero-order valence-corrected chi connectivity index (χ0v) is 18.8. The summed E-state index contributed by atoms with van der Waals surface area (Å²) < 4.78 is 25.5. The lowest BCUT2D eigenvalue weighted by Crippen LogP contribution is -2.04. The molecule has 0 radical (unpaired) electrons. The maximum Gasteiger partial charge on any atom is 0.241 e. The molecule has 1 aliphatic rings. The highest BCUT2D eigenvalue weighted by Gasteiger charge is 2.27. The van der Waals surface area contributed by atoms with Crippen molar-refractivity contribution < 1.29 is 9.30 Å². The number of benzene rings is 4. The summed E-state index contributed by atoms with van der Waals surface area (Å²) in [7, 11) is -3.30. The molecule has 160 valence electrons. The monoisotopic (exact) mass is 447 g/mol. The van der Waals surface area contributed by atoms with Gasteiger partial charge in [-0.2, -0.15) is 0 Å². The van der Waals surface area contributed by atoms with E-state index in [1.165, 1.54) is 0 Å². The fraction of sp³-hybridized carbons (Fsp3) is 0. The van der Waals surface area contributed by atoms with Gasteiger partial charge in [0.15, 0.2) is 0 Å². The van der Waals surface area contributed by atoms with Crippen LogP contribution in [0.4, 0.5) is 0 Å². The van der Waals surface area contributed by atoms with Crippen LogP contribution in [0.25, 0.3) is 11.5 Å². The Labute approximate surface area is 193 Å². The van der Waals surface area contributed by atoms with E-state index in [2.05, 4.69) is 0 Å². The van der Waals surface area contributed by atoms with Crippen molar-refractivity contribution >= 4 is 24.5 Å². The van der Waals surface area contributed by atoms with Crippen molar-refractivity contribution in [2.45, 2.75) is 0 Å². The highest BCUT2D eigenvalue weighted by molar-refractivity contribution is 7.69. The summed E-state index contributed by atoms with van der Waals surface area (Å²) in [5, 5.41) is 0. The zero-order valence-electron chi connectivity index (χ0n) is 17.9. The Morgan fingerprint density at radius 1 is 0.545 bits per heavy atom.